The first-order valence-electron chi connectivity index (χ1n) is 8.10. The Labute approximate surface area is 111 Å². The zero-order valence-electron chi connectivity index (χ0n) is 13.3. The highest BCUT2D eigenvalue weighted by atomic mass is 14.2. The van der Waals surface area contributed by atoms with Crippen molar-refractivity contribution in [1.29, 1.82) is 0 Å². The maximum Gasteiger partial charge on any atom is -0.0389 e. The molecule has 0 bridgehead atoms. The van der Waals surface area contributed by atoms with E-state index in [0.29, 0.717) is 0 Å². The highest BCUT2D eigenvalue weighted by Gasteiger charge is 2.19. The van der Waals surface area contributed by atoms with Gasteiger partial charge in [0, 0.05) is 0 Å². The molecule has 2 unspecified atom stereocenters. The van der Waals surface area contributed by atoms with E-state index in [4.69, 9.17) is 0 Å². The lowest BCUT2D eigenvalue weighted by atomic mass is 9.78. The lowest BCUT2D eigenvalue weighted by Gasteiger charge is -2.27. The van der Waals surface area contributed by atoms with Gasteiger partial charge in [0.05, 0.1) is 0 Å². The molecule has 0 aliphatic rings. The van der Waals surface area contributed by atoms with Gasteiger partial charge in [-0.1, -0.05) is 86.5 Å². The molecule has 0 aromatic carbocycles. The fourth-order valence-corrected chi connectivity index (χ4v) is 3.19. The van der Waals surface area contributed by atoms with Crippen molar-refractivity contribution in [3.8, 4) is 0 Å². The number of hydrogen-bond donors (Lipinski definition) is 0. The molecule has 0 radical (unpaired) electrons. The fourth-order valence-electron chi connectivity index (χ4n) is 3.19. The average molecular weight is 240 g/mol. The van der Waals surface area contributed by atoms with Crippen molar-refractivity contribution < 1.29 is 0 Å². The first kappa shape index (κ1) is 17.0. The molecule has 0 nitrogen and oxygen atoms in total. The minimum atomic E-state index is 0.909. The third-order valence-electron chi connectivity index (χ3n) is 5.12. The predicted octanol–water partition coefficient (Wildman–Crippen LogP) is 6.30. The van der Waals surface area contributed by atoms with Crippen LogP contribution in [0.1, 0.15) is 86.5 Å². The molecule has 0 aliphatic heterocycles. The Morgan fingerprint density at radius 1 is 0.706 bits per heavy atom. The van der Waals surface area contributed by atoms with Crippen molar-refractivity contribution in [2.24, 2.45) is 23.7 Å². The second kappa shape index (κ2) is 9.97. The summed E-state index contributed by atoms with van der Waals surface area (Å²) in [4.78, 5) is 0. The standard InChI is InChI=1S/C17H36/c1-7-16(8-2)13-11-12-14(5)15(6)17(9-3)10-4/h14-17H,7-13H2,1-6H3. The van der Waals surface area contributed by atoms with E-state index < -0.39 is 0 Å². The van der Waals surface area contributed by atoms with E-state index >= 15 is 0 Å². The van der Waals surface area contributed by atoms with Gasteiger partial charge < -0.3 is 0 Å². The van der Waals surface area contributed by atoms with Crippen molar-refractivity contribution in [3.05, 3.63) is 0 Å². The van der Waals surface area contributed by atoms with Crippen molar-refractivity contribution in [2.75, 3.05) is 0 Å². The summed E-state index contributed by atoms with van der Waals surface area (Å²) in [5, 5.41) is 0. The maximum atomic E-state index is 2.47. The molecule has 0 heteroatoms. The summed E-state index contributed by atoms with van der Waals surface area (Å²) in [5.41, 5.74) is 0. The Bertz CT molecular complexity index is 153. The normalized spacial score (nSPS) is 15.5. The molecule has 0 rings (SSSR count). The van der Waals surface area contributed by atoms with Crippen molar-refractivity contribution in [3.63, 3.8) is 0 Å². The van der Waals surface area contributed by atoms with E-state index in [1.165, 1.54) is 44.9 Å². The SMILES string of the molecule is CCC(CC)CCCC(C)C(C)C(CC)CC. The van der Waals surface area contributed by atoms with Crippen LogP contribution in [0.15, 0.2) is 0 Å². The topological polar surface area (TPSA) is 0 Å². The van der Waals surface area contributed by atoms with Crippen LogP contribution in [-0.2, 0) is 0 Å². The number of hydrogen-bond acceptors (Lipinski definition) is 0. The van der Waals surface area contributed by atoms with Crippen LogP contribution in [0.25, 0.3) is 0 Å². The molecule has 0 aromatic heterocycles. The minimum absolute atomic E-state index is 0.909. The molecule has 0 amide bonds. The van der Waals surface area contributed by atoms with E-state index in [0.717, 1.165) is 23.7 Å². The van der Waals surface area contributed by atoms with E-state index in [9.17, 15) is 0 Å². The molecule has 0 fully saturated rings. The van der Waals surface area contributed by atoms with E-state index in [1.54, 1.807) is 0 Å². The van der Waals surface area contributed by atoms with Gasteiger partial charge in [0.2, 0.25) is 0 Å². The lowest BCUT2D eigenvalue weighted by molar-refractivity contribution is 0.229. The Hall–Kier alpha value is 0. The van der Waals surface area contributed by atoms with E-state index in [-0.39, 0.29) is 0 Å². The summed E-state index contributed by atoms with van der Waals surface area (Å²) < 4.78 is 0. The molecule has 17 heavy (non-hydrogen) atoms. The molecule has 2 atom stereocenters. The highest BCUT2D eigenvalue weighted by molar-refractivity contribution is 4.70. The predicted molar refractivity (Wildman–Crippen MR) is 80.3 cm³/mol. The zero-order valence-corrected chi connectivity index (χ0v) is 13.3. The van der Waals surface area contributed by atoms with Crippen molar-refractivity contribution >= 4 is 0 Å². The molecular weight excluding hydrogens is 204 g/mol. The summed E-state index contributed by atoms with van der Waals surface area (Å²) in [6.07, 6.45) is 9.78. The molecule has 0 aromatic rings. The highest BCUT2D eigenvalue weighted by Crippen LogP contribution is 2.30. The molecule has 0 N–H and O–H groups in total. The smallest absolute Gasteiger partial charge is 0.0389 e. The number of rotatable bonds is 10. The summed E-state index contributed by atoms with van der Waals surface area (Å²) >= 11 is 0. The van der Waals surface area contributed by atoms with Gasteiger partial charge in [-0.05, 0) is 23.7 Å². The van der Waals surface area contributed by atoms with Crippen LogP contribution in [-0.4, -0.2) is 0 Å². The quantitative estimate of drug-likeness (QED) is 0.420. The average Bonchev–Trinajstić information content (AvgIpc) is 2.35. The summed E-state index contributed by atoms with van der Waals surface area (Å²) in [5.74, 6) is 3.74. The van der Waals surface area contributed by atoms with Crippen LogP contribution in [0, 0.1) is 23.7 Å². The Kier molecular flexibility index (Phi) is 9.97. The summed E-state index contributed by atoms with van der Waals surface area (Å²) in [7, 11) is 0. The van der Waals surface area contributed by atoms with Gasteiger partial charge in [0.25, 0.3) is 0 Å². The molecule has 0 heterocycles. The first-order chi connectivity index (χ1) is 8.10. The van der Waals surface area contributed by atoms with Gasteiger partial charge in [0.1, 0.15) is 0 Å². The van der Waals surface area contributed by atoms with Gasteiger partial charge in [-0.3, -0.25) is 0 Å². The van der Waals surface area contributed by atoms with Crippen LogP contribution in [0.2, 0.25) is 0 Å². The van der Waals surface area contributed by atoms with Crippen LogP contribution in [0.4, 0.5) is 0 Å². The summed E-state index contributed by atoms with van der Waals surface area (Å²) in [6.45, 7) is 14.3. The van der Waals surface area contributed by atoms with Gasteiger partial charge in [0.15, 0.2) is 0 Å². The monoisotopic (exact) mass is 240 g/mol. The third-order valence-corrected chi connectivity index (χ3v) is 5.12. The third kappa shape index (κ3) is 6.48. The maximum absolute atomic E-state index is 2.47. The minimum Gasteiger partial charge on any atom is -0.0651 e. The van der Waals surface area contributed by atoms with Gasteiger partial charge >= 0.3 is 0 Å². The van der Waals surface area contributed by atoms with E-state index in [1.807, 2.05) is 0 Å². The van der Waals surface area contributed by atoms with Gasteiger partial charge in [-0.25, -0.2) is 0 Å². The van der Waals surface area contributed by atoms with Crippen LogP contribution >= 0.6 is 0 Å². The van der Waals surface area contributed by atoms with Crippen molar-refractivity contribution in [1.82, 2.24) is 0 Å². The Morgan fingerprint density at radius 2 is 1.24 bits per heavy atom. The Balaban J connectivity index is 3.88. The molecule has 0 saturated carbocycles. The van der Waals surface area contributed by atoms with Crippen LogP contribution in [0.3, 0.4) is 0 Å². The fraction of sp³-hybridized carbons (Fsp3) is 1.00. The largest absolute Gasteiger partial charge is 0.0651 e. The second-order valence-electron chi connectivity index (χ2n) is 6.03. The van der Waals surface area contributed by atoms with E-state index in [2.05, 4.69) is 41.5 Å². The lowest BCUT2D eigenvalue weighted by Crippen LogP contribution is -2.18. The summed E-state index contributed by atoms with van der Waals surface area (Å²) in [6, 6.07) is 0. The molecule has 0 aliphatic carbocycles. The van der Waals surface area contributed by atoms with Gasteiger partial charge in [-0.2, -0.15) is 0 Å². The molecule has 0 spiro atoms. The van der Waals surface area contributed by atoms with Gasteiger partial charge in [-0.15, -0.1) is 0 Å². The zero-order chi connectivity index (χ0) is 13.3. The molecular formula is C17H36. The molecule has 0 saturated heterocycles. The Morgan fingerprint density at radius 3 is 1.65 bits per heavy atom. The van der Waals surface area contributed by atoms with Crippen LogP contribution in [0.5, 0.6) is 0 Å². The van der Waals surface area contributed by atoms with Crippen LogP contribution < -0.4 is 0 Å². The van der Waals surface area contributed by atoms with Crippen molar-refractivity contribution in [2.45, 2.75) is 86.5 Å². The molecule has 104 valence electrons. The second-order valence-corrected chi connectivity index (χ2v) is 6.03. The first-order valence-corrected chi connectivity index (χ1v) is 8.10.